The van der Waals surface area contributed by atoms with Gasteiger partial charge < -0.3 is 4.74 Å². The van der Waals surface area contributed by atoms with Gasteiger partial charge in [-0.25, -0.2) is 9.37 Å². The Morgan fingerprint density at radius 1 is 1.23 bits per heavy atom. The van der Waals surface area contributed by atoms with Gasteiger partial charge in [-0.15, -0.1) is 11.3 Å². The van der Waals surface area contributed by atoms with Gasteiger partial charge in [0, 0.05) is 16.5 Å². The molecule has 130 valence electrons. The Balaban J connectivity index is 1.66. The molecule has 1 aliphatic rings. The summed E-state index contributed by atoms with van der Waals surface area (Å²) in [5.41, 5.74) is 4.24. The first-order chi connectivity index (χ1) is 12.6. The molecule has 1 aromatic heterocycles. The van der Waals surface area contributed by atoms with Crippen LogP contribution >= 0.6 is 11.3 Å². The second kappa shape index (κ2) is 6.68. The van der Waals surface area contributed by atoms with Gasteiger partial charge >= 0.3 is 0 Å². The number of aromatic nitrogens is 1. The molecule has 0 saturated carbocycles. The van der Waals surface area contributed by atoms with Crippen molar-refractivity contribution >= 4 is 28.7 Å². The molecule has 0 saturated heterocycles. The highest BCUT2D eigenvalue weighted by molar-refractivity contribution is 7.07. The number of benzene rings is 2. The quantitative estimate of drug-likeness (QED) is 0.661. The summed E-state index contributed by atoms with van der Waals surface area (Å²) in [6.07, 6.45) is 0. The van der Waals surface area contributed by atoms with E-state index in [-0.39, 0.29) is 24.8 Å². The van der Waals surface area contributed by atoms with E-state index < -0.39 is 5.82 Å². The molecule has 26 heavy (non-hydrogen) atoms. The summed E-state index contributed by atoms with van der Waals surface area (Å²) in [5.74, 6) is -0.452. The van der Waals surface area contributed by atoms with Crippen LogP contribution in [0.5, 0.6) is 5.75 Å². The van der Waals surface area contributed by atoms with Crippen LogP contribution < -0.4 is 9.64 Å². The average molecular weight is 368 g/mol. The first-order valence-corrected chi connectivity index (χ1v) is 8.80. The van der Waals surface area contributed by atoms with Crippen molar-refractivity contribution < 1.29 is 18.7 Å². The van der Waals surface area contributed by atoms with Crippen molar-refractivity contribution in [3.63, 3.8) is 0 Å². The van der Waals surface area contributed by atoms with E-state index >= 15 is 0 Å². The standard InChI is InChI=1S/C19H13FN2O3S/c20-14-4-1-12(2-5-14)17(23)8-22-16-7-13(15-10-26-11-21-15)3-6-18(16)25-9-19(22)24/h1-7,10-11H,8-9H2. The van der Waals surface area contributed by atoms with Gasteiger partial charge in [0.2, 0.25) is 0 Å². The zero-order valence-corrected chi connectivity index (χ0v) is 14.3. The topological polar surface area (TPSA) is 59.5 Å². The summed E-state index contributed by atoms with van der Waals surface area (Å²) in [4.78, 5) is 30.5. The van der Waals surface area contributed by atoms with Crippen LogP contribution in [0.25, 0.3) is 11.3 Å². The Morgan fingerprint density at radius 2 is 2.04 bits per heavy atom. The molecule has 0 spiro atoms. The predicted octanol–water partition coefficient (Wildman–Crippen LogP) is 3.56. The number of rotatable bonds is 4. The van der Waals surface area contributed by atoms with Crippen molar-refractivity contribution in [2.45, 2.75) is 0 Å². The molecule has 0 fully saturated rings. The number of thiazole rings is 1. The van der Waals surface area contributed by atoms with Gasteiger partial charge in [0.15, 0.2) is 12.4 Å². The highest BCUT2D eigenvalue weighted by atomic mass is 32.1. The van der Waals surface area contributed by atoms with E-state index in [1.165, 1.54) is 40.5 Å². The van der Waals surface area contributed by atoms with Crippen molar-refractivity contribution in [3.05, 3.63) is 64.7 Å². The normalized spacial score (nSPS) is 13.3. The van der Waals surface area contributed by atoms with E-state index in [9.17, 15) is 14.0 Å². The molecule has 0 radical (unpaired) electrons. The summed E-state index contributed by atoms with van der Waals surface area (Å²) in [7, 11) is 0. The number of nitrogens with zero attached hydrogens (tertiary/aromatic N) is 2. The van der Waals surface area contributed by atoms with Crippen molar-refractivity contribution in [2.24, 2.45) is 0 Å². The molecule has 1 aliphatic heterocycles. The predicted molar refractivity (Wildman–Crippen MR) is 96.1 cm³/mol. The third-order valence-corrected chi connectivity index (χ3v) is 4.68. The van der Waals surface area contributed by atoms with Crippen LogP contribution in [0.4, 0.5) is 10.1 Å². The number of carbonyl (C=O) groups is 2. The van der Waals surface area contributed by atoms with E-state index in [0.29, 0.717) is 17.0 Å². The number of carbonyl (C=O) groups excluding carboxylic acids is 2. The fourth-order valence-corrected chi connectivity index (χ4v) is 3.32. The Morgan fingerprint density at radius 3 is 2.77 bits per heavy atom. The van der Waals surface area contributed by atoms with Crippen molar-refractivity contribution in [1.82, 2.24) is 4.98 Å². The van der Waals surface area contributed by atoms with Gasteiger partial charge in [0.25, 0.3) is 5.91 Å². The first-order valence-electron chi connectivity index (χ1n) is 7.86. The van der Waals surface area contributed by atoms with Gasteiger partial charge in [0.1, 0.15) is 11.6 Å². The smallest absolute Gasteiger partial charge is 0.265 e. The summed E-state index contributed by atoms with van der Waals surface area (Å²) in [6, 6.07) is 10.7. The number of ketones is 1. The second-order valence-electron chi connectivity index (χ2n) is 5.75. The monoisotopic (exact) mass is 368 g/mol. The molecule has 5 nitrogen and oxygen atoms in total. The Bertz CT molecular complexity index is 971. The van der Waals surface area contributed by atoms with Gasteiger partial charge in [-0.05, 0) is 42.5 Å². The minimum absolute atomic E-state index is 0.125. The molecule has 3 aromatic rings. The van der Waals surface area contributed by atoms with Gasteiger partial charge in [0.05, 0.1) is 23.4 Å². The fraction of sp³-hybridized carbons (Fsp3) is 0.105. The molecular formula is C19H13FN2O3S. The lowest BCUT2D eigenvalue weighted by Gasteiger charge is -2.29. The molecule has 1 amide bonds. The zero-order chi connectivity index (χ0) is 18.1. The molecule has 4 rings (SSSR count). The third kappa shape index (κ3) is 3.09. The summed E-state index contributed by atoms with van der Waals surface area (Å²) in [6.45, 7) is -0.263. The van der Waals surface area contributed by atoms with E-state index in [4.69, 9.17) is 4.74 Å². The molecule has 0 unspecified atom stereocenters. The molecule has 0 N–H and O–H groups in total. The van der Waals surface area contributed by atoms with Gasteiger partial charge in [-0.1, -0.05) is 0 Å². The molecule has 0 bridgehead atoms. The van der Waals surface area contributed by atoms with Crippen molar-refractivity contribution in [1.29, 1.82) is 0 Å². The number of halogens is 1. The maximum atomic E-state index is 13.0. The van der Waals surface area contributed by atoms with Gasteiger partial charge in [-0.3, -0.25) is 14.5 Å². The van der Waals surface area contributed by atoms with E-state index in [0.717, 1.165) is 11.3 Å². The minimum Gasteiger partial charge on any atom is -0.482 e. The molecular weight excluding hydrogens is 355 g/mol. The van der Waals surface area contributed by atoms with E-state index in [1.807, 2.05) is 11.4 Å². The number of anilines is 1. The summed E-state index contributed by atoms with van der Waals surface area (Å²) >= 11 is 1.47. The summed E-state index contributed by atoms with van der Waals surface area (Å²) < 4.78 is 18.5. The van der Waals surface area contributed by atoms with Crippen LogP contribution in [0.2, 0.25) is 0 Å². The van der Waals surface area contributed by atoms with Crippen LogP contribution in [0, 0.1) is 5.82 Å². The Kier molecular flexibility index (Phi) is 4.22. The highest BCUT2D eigenvalue weighted by Gasteiger charge is 2.28. The fourth-order valence-electron chi connectivity index (χ4n) is 2.76. The highest BCUT2D eigenvalue weighted by Crippen LogP contribution is 2.36. The molecule has 7 heteroatoms. The lowest BCUT2D eigenvalue weighted by Crippen LogP contribution is -2.42. The number of Topliss-reactive ketones (excluding diaryl/α,β-unsaturated/α-hetero) is 1. The van der Waals surface area contributed by atoms with Crippen molar-refractivity contribution in [2.75, 3.05) is 18.1 Å². The van der Waals surface area contributed by atoms with Crippen LogP contribution in [0.3, 0.4) is 0 Å². The third-order valence-electron chi connectivity index (χ3n) is 4.10. The maximum Gasteiger partial charge on any atom is 0.265 e. The molecule has 0 atom stereocenters. The average Bonchev–Trinajstić information content (AvgIpc) is 3.19. The van der Waals surface area contributed by atoms with Crippen LogP contribution in [-0.4, -0.2) is 29.8 Å². The number of hydrogen-bond donors (Lipinski definition) is 0. The van der Waals surface area contributed by atoms with Crippen LogP contribution in [0.15, 0.2) is 53.4 Å². The van der Waals surface area contributed by atoms with Crippen LogP contribution in [0.1, 0.15) is 10.4 Å². The Labute approximate surface area is 152 Å². The number of amides is 1. The number of fused-ring (bicyclic) bond motifs is 1. The maximum absolute atomic E-state index is 13.0. The van der Waals surface area contributed by atoms with E-state index in [2.05, 4.69) is 4.98 Å². The van der Waals surface area contributed by atoms with E-state index in [1.54, 1.807) is 17.6 Å². The lowest BCUT2D eigenvalue weighted by molar-refractivity contribution is -0.121. The van der Waals surface area contributed by atoms with Crippen LogP contribution in [-0.2, 0) is 4.79 Å². The zero-order valence-electron chi connectivity index (χ0n) is 13.5. The second-order valence-corrected chi connectivity index (χ2v) is 6.47. The SMILES string of the molecule is O=C(CN1C(=O)COc2ccc(-c3cscn3)cc21)c1ccc(F)cc1. The van der Waals surface area contributed by atoms with Gasteiger partial charge in [-0.2, -0.15) is 0 Å². The molecule has 0 aliphatic carbocycles. The largest absolute Gasteiger partial charge is 0.482 e. The number of hydrogen-bond acceptors (Lipinski definition) is 5. The van der Waals surface area contributed by atoms with Crippen molar-refractivity contribution in [3.8, 4) is 17.0 Å². The first kappa shape index (κ1) is 16.4. The lowest BCUT2D eigenvalue weighted by atomic mass is 10.1. The number of ether oxygens (including phenoxy) is 1. The molecule has 2 aromatic carbocycles. The molecule has 2 heterocycles. The summed E-state index contributed by atoms with van der Waals surface area (Å²) in [5, 5.41) is 1.90. The minimum atomic E-state index is -0.415. The Hall–Kier alpha value is -3.06.